The lowest BCUT2D eigenvalue weighted by molar-refractivity contribution is 0.235. The molecule has 3 heterocycles. The Balaban J connectivity index is 1.66. The number of rotatable bonds is 8. The van der Waals surface area contributed by atoms with Gasteiger partial charge in [-0.3, -0.25) is 19.2 Å². The molecular formula is C23H30FN5O2. The zero-order valence-corrected chi connectivity index (χ0v) is 18.2. The van der Waals surface area contributed by atoms with E-state index in [2.05, 4.69) is 16.8 Å². The highest BCUT2D eigenvalue weighted by Gasteiger charge is 2.27. The van der Waals surface area contributed by atoms with Gasteiger partial charge in [0.1, 0.15) is 11.6 Å². The highest BCUT2D eigenvalue weighted by Crippen LogP contribution is 2.24. The zero-order valence-electron chi connectivity index (χ0n) is 18.2. The van der Waals surface area contributed by atoms with Gasteiger partial charge >= 0.3 is 5.69 Å². The molecule has 1 atom stereocenters. The Kier molecular flexibility index (Phi) is 6.36. The first kappa shape index (κ1) is 21.5. The highest BCUT2D eigenvalue weighted by molar-refractivity contribution is 5.71. The van der Waals surface area contributed by atoms with Crippen molar-refractivity contribution in [3.05, 3.63) is 62.3 Å². The van der Waals surface area contributed by atoms with Gasteiger partial charge in [0.15, 0.2) is 11.2 Å². The lowest BCUT2D eigenvalue weighted by Crippen LogP contribution is -2.32. The van der Waals surface area contributed by atoms with Crippen molar-refractivity contribution in [2.24, 2.45) is 0 Å². The fourth-order valence-corrected chi connectivity index (χ4v) is 4.65. The second-order valence-corrected chi connectivity index (χ2v) is 8.31. The number of aromatic amines is 1. The van der Waals surface area contributed by atoms with Gasteiger partial charge in [0.05, 0.1) is 6.54 Å². The third-order valence-electron chi connectivity index (χ3n) is 6.22. The number of aryl methyl sites for hydroxylation is 2. The Labute approximate surface area is 180 Å². The Hall–Kier alpha value is -2.74. The minimum atomic E-state index is -0.400. The van der Waals surface area contributed by atoms with Crippen molar-refractivity contribution in [1.29, 1.82) is 0 Å². The predicted octanol–water partition coefficient (Wildman–Crippen LogP) is 3.05. The largest absolute Gasteiger partial charge is 0.330 e. The van der Waals surface area contributed by atoms with Crippen molar-refractivity contribution < 1.29 is 4.39 Å². The van der Waals surface area contributed by atoms with Gasteiger partial charge in [0.25, 0.3) is 5.56 Å². The molecule has 2 aromatic heterocycles. The summed E-state index contributed by atoms with van der Waals surface area (Å²) in [6.45, 7) is 6.73. The van der Waals surface area contributed by atoms with Crippen LogP contribution in [0.3, 0.4) is 0 Å². The number of fused-ring (bicyclic) bond motifs is 1. The van der Waals surface area contributed by atoms with Crippen molar-refractivity contribution in [3.63, 3.8) is 0 Å². The summed E-state index contributed by atoms with van der Waals surface area (Å²) in [6, 6.07) is 7.08. The molecule has 1 N–H and O–H groups in total. The number of nitrogens with one attached hydrogen (secondary N) is 1. The van der Waals surface area contributed by atoms with Crippen LogP contribution in [-0.4, -0.2) is 36.6 Å². The van der Waals surface area contributed by atoms with E-state index in [0.29, 0.717) is 36.8 Å². The number of halogens is 1. The zero-order chi connectivity index (χ0) is 22.0. The molecule has 8 heteroatoms. The number of likely N-dealkylation sites (tertiary alicyclic amines) is 1. The number of aromatic nitrogens is 4. The number of benzene rings is 1. The molecule has 4 rings (SSSR count). The van der Waals surface area contributed by atoms with Crippen LogP contribution in [0.2, 0.25) is 0 Å². The second-order valence-electron chi connectivity index (χ2n) is 8.31. The molecule has 1 unspecified atom stereocenters. The summed E-state index contributed by atoms with van der Waals surface area (Å²) in [6.07, 6.45) is 4.70. The molecule has 0 saturated carbocycles. The van der Waals surface area contributed by atoms with Crippen LogP contribution < -0.4 is 11.2 Å². The molecular weight excluding hydrogens is 397 g/mol. The smallest absolute Gasteiger partial charge is 0.321 e. The van der Waals surface area contributed by atoms with Gasteiger partial charge in [-0.2, -0.15) is 0 Å². The maximum absolute atomic E-state index is 13.6. The van der Waals surface area contributed by atoms with Gasteiger partial charge in [-0.15, -0.1) is 0 Å². The van der Waals surface area contributed by atoms with Crippen molar-refractivity contribution in [2.75, 3.05) is 6.54 Å². The van der Waals surface area contributed by atoms with Crippen LogP contribution in [0.15, 0.2) is 33.9 Å². The quantitative estimate of drug-likeness (QED) is 0.600. The third-order valence-corrected chi connectivity index (χ3v) is 6.22. The monoisotopic (exact) mass is 427 g/mol. The number of hydrogen-bond acceptors (Lipinski definition) is 4. The van der Waals surface area contributed by atoms with Crippen molar-refractivity contribution in [3.8, 4) is 0 Å². The first-order valence-electron chi connectivity index (χ1n) is 11.2. The van der Waals surface area contributed by atoms with Crippen LogP contribution in [-0.2, 0) is 26.1 Å². The maximum Gasteiger partial charge on any atom is 0.330 e. The lowest BCUT2D eigenvalue weighted by atomic mass is 10.0. The summed E-state index contributed by atoms with van der Waals surface area (Å²) < 4.78 is 17.1. The molecule has 1 aromatic carbocycles. The van der Waals surface area contributed by atoms with Crippen LogP contribution >= 0.6 is 0 Å². The van der Waals surface area contributed by atoms with E-state index in [0.717, 1.165) is 50.0 Å². The van der Waals surface area contributed by atoms with Gasteiger partial charge < -0.3 is 4.57 Å². The standard InChI is InChI=1S/C23H30FN5O2/c1-3-5-12-29-21-20(22(30)26-23(29)31)28(4-2)19(25-21)15-27-11-7-10-18(27)14-16-8-6-9-17(24)13-16/h6,8-9,13,18H,3-5,7,10-12,14-15H2,1-2H3,(H,26,30,31). The van der Waals surface area contributed by atoms with E-state index in [1.165, 1.54) is 6.07 Å². The molecule has 1 saturated heterocycles. The lowest BCUT2D eigenvalue weighted by Gasteiger charge is -2.24. The average molecular weight is 428 g/mol. The number of H-pyrrole nitrogens is 1. The Morgan fingerprint density at radius 2 is 2.06 bits per heavy atom. The summed E-state index contributed by atoms with van der Waals surface area (Å²) in [5.74, 6) is 0.587. The fraction of sp³-hybridized carbons (Fsp3) is 0.522. The topological polar surface area (TPSA) is 75.9 Å². The predicted molar refractivity (Wildman–Crippen MR) is 119 cm³/mol. The number of hydrogen-bond donors (Lipinski definition) is 1. The SMILES string of the molecule is CCCCn1c(=O)[nH]c(=O)c2c1nc(CN1CCCC1Cc1cccc(F)c1)n2CC. The summed E-state index contributed by atoms with van der Waals surface area (Å²) >= 11 is 0. The van der Waals surface area contributed by atoms with Crippen molar-refractivity contribution in [2.45, 2.75) is 71.6 Å². The van der Waals surface area contributed by atoms with E-state index in [9.17, 15) is 14.0 Å². The fourth-order valence-electron chi connectivity index (χ4n) is 4.65. The molecule has 0 radical (unpaired) electrons. The molecule has 1 fully saturated rings. The normalized spacial score (nSPS) is 17.1. The maximum atomic E-state index is 13.6. The molecule has 7 nitrogen and oxygen atoms in total. The minimum absolute atomic E-state index is 0.209. The van der Waals surface area contributed by atoms with E-state index in [-0.39, 0.29) is 11.4 Å². The highest BCUT2D eigenvalue weighted by atomic mass is 19.1. The van der Waals surface area contributed by atoms with Crippen LogP contribution in [0.4, 0.5) is 4.39 Å². The average Bonchev–Trinajstić information content (AvgIpc) is 3.32. The molecule has 31 heavy (non-hydrogen) atoms. The summed E-state index contributed by atoms with van der Waals surface area (Å²) in [4.78, 5) is 34.6. The molecule has 0 spiro atoms. The van der Waals surface area contributed by atoms with E-state index in [1.807, 2.05) is 17.6 Å². The third kappa shape index (κ3) is 4.35. The van der Waals surface area contributed by atoms with Gasteiger partial charge in [0, 0.05) is 19.1 Å². The van der Waals surface area contributed by atoms with Gasteiger partial charge in [-0.1, -0.05) is 25.5 Å². The van der Waals surface area contributed by atoms with Gasteiger partial charge in [0.2, 0.25) is 0 Å². The number of unbranched alkanes of at least 4 members (excludes halogenated alkanes) is 1. The molecule has 0 aliphatic carbocycles. The second kappa shape index (κ2) is 9.18. The first-order valence-corrected chi connectivity index (χ1v) is 11.2. The van der Waals surface area contributed by atoms with Crippen LogP contribution in [0.25, 0.3) is 11.2 Å². The van der Waals surface area contributed by atoms with Crippen LogP contribution in [0.5, 0.6) is 0 Å². The van der Waals surface area contributed by atoms with Gasteiger partial charge in [-0.25, -0.2) is 14.2 Å². The summed E-state index contributed by atoms with van der Waals surface area (Å²) in [7, 11) is 0. The minimum Gasteiger partial charge on any atom is -0.321 e. The van der Waals surface area contributed by atoms with Crippen LogP contribution in [0, 0.1) is 5.82 Å². The number of nitrogens with zero attached hydrogens (tertiary/aromatic N) is 4. The van der Waals surface area contributed by atoms with Gasteiger partial charge in [-0.05, 0) is 56.8 Å². The summed E-state index contributed by atoms with van der Waals surface area (Å²) in [5.41, 5.74) is 1.15. The van der Waals surface area contributed by atoms with E-state index in [1.54, 1.807) is 16.7 Å². The first-order chi connectivity index (χ1) is 15.0. The molecule has 166 valence electrons. The summed E-state index contributed by atoms with van der Waals surface area (Å²) in [5, 5.41) is 0. The number of imidazole rings is 1. The molecule has 1 aliphatic heterocycles. The molecule has 0 bridgehead atoms. The Bertz CT molecular complexity index is 1180. The molecule has 3 aromatic rings. The van der Waals surface area contributed by atoms with E-state index in [4.69, 9.17) is 4.98 Å². The van der Waals surface area contributed by atoms with Crippen LogP contribution in [0.1, 0.15) is 50.9 Å². The Morgan fingerprint density at radius 1 is 1.23 bits per heavy atom. The van der Waals surface area contributed by atoms with Crippen molar-refractivity contribution >= 4 is 11.2 Å². The molecule has 0 amide bonds. The van der Waals surface area contributed by atoms with E-state index < -0.39 is 5.69 Å². The Morgan fingerprint density at radius 3 is 2.81 bits per heavy atom. The van der Waals surface area contributed by atoms with Crippen molar-refractivity contribution in [1.82, 2.24) is 24.0 Å². The van der Waals surface area contributed by atoms with E-state index >= 15 is 0 Å². The molecule has 1 aliphatic rings.